The lowest BCUT2D eigenvalue weighted by Gasteiger charge is -2.22. The first kappa shape index (κ1) is 19.9. The zero-order valence-corrected chi connectivity index (χ0v) is 15.8. The van der Waals surface area contributed by atoms with Crippen molar-refractivity contribution in [3.63, 3.8) is 0 Å². The predicted octanol–water partition coefficient (Wildman–Crippen LogP) is -0.139. The largest absolute Gasteiger partial charge is 0.359 e. The number of pyridine rings is 1. The van der Waals surface area contributed by atoms with E-state index in [2.05, 4.69) is 15.6 Å². The molecule has 1 aromatic carbocycles. The summed E-state index contributed by atoms with van der Waals surface area (Å²) in [6.07, 6.45) is 2.30. The Morgan fingerprint density at radius 1 is 1.07 bits per heavy atom. The van der Waals surface area contributed by atoms with E-state index in [1.165, 1.54) is 16.4 Å². The van der Waals surface area contributed by atoms with E-state index in [1.54, 1.807) is 42.7 Å². The molecule has 0 aliphatic carbocycles. The maximum atomic E-state index is 12.7. The number of benzene rings is 1. The number of nitrogens with zero attached hydrogens (tertiary/aromatic N) is 2. The van der Waals surface area contributed by atoms with E-state index in [-0.39, 0.29) is 31.1 Å². The second kappa shape index (κ2) is 8.91. The van der Waals surface area contributed by atoms with Gasteiger partial charge in [0.1, 0.15) is 6.23 Å². The Bertz CT molecular complexity index is 922. The molecule has 1 atom stereocenters. The molecule has 1 aliphatic heterocycles. The summed E-state index contributed by atoms with van der Waals surface area (Å²) in [5, 5.41) is 4.91. The van der Waals surface area contributed by atoms with Crippen molar-refractivity contribution in [3.05, 3.63) is 60.4 Å². The van der Waals surface area contributed by atoms with Crippen LogP contribution in [0.1, 0.15) is 5.56 Å². The Balaban J connectivity index is 1.54. The number of amides is 2. The minimum Gasteiger partial charge on any atom is -0.359 e. The summed E-state index contributed by atoms with van der Waals surface area (Å²) in [4.78, 5) is 27.9. The third kappa shape index (κ3) is 4.71. The summed E-state index contributed by atoms with van der Waals surface area (Å²) < 4.78 is 32.1. The first-order chi connectivity index (χ1) is 13.5. The molecule has 0 saturated carbocycles. The molecule has 1 unspecified atom stereocenters. The number of aromatic nitrogens is 1. The van der Waals surface area contributed by atoms with Gasteiger partial charge in [-0.25, -0.2) is 8.42 Å². The van der Waals surface area contributed by atoms with Gasteiger partial charge in [0.2, 0.25) is 10.0 Å². The third-order valence-corrected chi connectivity index (χ3v) is 6.04. The van der Waals surface area contributed by atoms with Gasteiger partial charge >= 0.3 is 11.8 Å². The molecule has 0 radical (unpaired) electrons. The van der Waals surface area contributed by atoms with E-state index in [1.807, 2.05) is 0 Å². The molecule has 2 aromatic rings. The van der Waals surface area contributed by atoms with Crippen molar-refractivity contribution < 1.29 is 22.7 Å². The van der Waals surface area contributed by atoms with Crippen molar-refractivity contribution in [3.8, 4) is 0 Å². The molecule has 3 rings (SSSR count). The van der Waals surface area contributed by atoms with Crippen molar-refractivity contribution in [2.24, 2.45) is 0 Å². The van der Waals surface area contributed by atoms with E-state index in [0.717, 1.165) is 5.56 Å². The standard InChI is InChI=1S/C18H20N4O5S/c23-17(20-12-14-6-8-19-9-7-14)18(24)21-13-16-22(10-11-27-16)28(25,26)15-4-2-1-3-5-15/h1-9,16H,10-13H2,(H,20,23)(H,21,24). The van der Waals surface area contributed by atoms with E-state index in [4.69, 9.17) is 4.74 Å². The lowest BCUT2D eigenvalue weighted by molar-refractivity contribution is -0.139. The highest BCUT2D eigenvalue weighted by Crippen LogP contribution is 2.21. The molecule has 2 amide bonds. The minimum atomic E-state index is -3.75. The summed E-state index contributed by atoms with van der Waals surface area (Å²) >= 11 is 0. The van der Waals surface area contributed by atoms with Crippen LogP contribution >= 0.6 is 0 Å². The number of nitrogens with one attached hydrogen (secondary N) is 2. The number of sulfonamides is 1. The highest BCUT2D eigenvalue weighted by Gasteiger charge is 2.36. The minimum absolute atomic E-state index is 0.131. The number of carbonyl (C=O) groups is 2. The number of hydrogen-bond donors (Lipinski definition) is 2. The fourth-order valence-corrected chi connectivity index (χ4v) is 4.22. The molecule has 148 valence electrons. The Hall–Kier alpha value is -2.82. The smallest absolute Gasteiger partial charge is 0.309 e. The summed E-state index contributed by atoms with van der Waals surface area (Å²) in [6.45, 7) is 0.434. The second-order valence-electron chi connectivity index (χ2n) is 6.00. The van der Waals surface area contributed by atoms with Crippen LogP contribution in [0.2, 0.25) is 0 Å². The molecular formula is C18H20N4O5S. The number of hydrogen-bond acceptors (Lipinski definition) is 6. The predicted molar refractivity (Wildman–Crippen MR) is 99.2 cm³/mol. The molecule has 10 heteroatoms. The van der Waals surface area contributed by atoms with Crippen LogP contribution < -0.4 is 10.6 Å². The normalized spacial score (nSPS) is 17.2. The van der Waals surface area contributed by atoms with Crippen LogP contribution in [-0.2, 0) is 30.9 Å². The van der Waals surface area contributed by atoms with Crippen molar-refractivity contribution >= 4 is 21.8 Å². The molecule has 0 bridgehead atoms. The van der Waals surface area contributed by atoms with Gasteiger partial charge in [0.15, 0.2) is 0 Å². The van der Waals surface area contributed by atoms with Crippen LogP contribution in [0.3, 0.4) is 0 Å². The van der Waals surface area contributed by atoms with Crippen molar-refractivity contribution in [1.29, 1.82) is 0 Å². The van der Waals surface area contributed by atoms with Gasteiger partial charge in [0, 0.05) is 25.5 Å². The molecule has 0 spiro atoms. The monoisotopic (exact) mass is 404 g/mol. The number of carbonyl (C=O) groups excluding carboxylic acids is 2. The Kier molecular flexibility index (Phi) is 6.34. The summed E-state index contributed by atoms with van der Waals surface area (Å²) in [7, 11) is -3.75. The van der Waals surface area contributed by atoms with Gasteiger partial charge in [-0.3, -0.25) is 14.6 Å². The number of ether oxygens (including phenoxy) is 1. The summed E-state index contributed by atoms with van der Waals surface area (Å²) in [5.41, 5.74) is 0.801. The summed E-state index contributed by atoms with van der Waals surface area (Å²) in [6, 6.07) is 11.4. The quantitative estimate of drug-likeness (QED) is 0.647. The van der Waals surface area contributed by atoms with Crippen LogP contribution in [0.4, 0.5) is 0 Å². The van der Waals surface area contributed by atoms with E-state index in [0.29, 0.717) is 0 Å². The zero-order chi connectivity index (χ0) is 20.0. The topological polar surface area (TPSA) is 118 Å². The fraction of sp³-hybridized carbons (Fsp3) is 0.278. The van der Waals surface area contributed by atoms with Gasteiger partial charge in [0.05, 0.1) is 18.0 Å². The van der Waals surface area contributed by atoms with Gasteiger partial charge in [-0.1, -0.05) is 18.2 Å². The Labute approximate surface area is 162 Å². The van der Waals surface area contributed by atoms with E-state index in [9.17, 15) is 18.0 Å². The lowest BCUT2D eigenvalue weighted by Crippen LogP contribution is -2.47. The van der Waals surface area contributed by atoms with Gasteiger partial charge < -0.3 is 15.4 Å². The van der Waals surface area contributed by atoms with E-state index < -0.39 is 28.1 Å². The van der Waals surface area contributed by atoms with Crippen LogP contribution in [0, 0.1) is 0 Å². The Morgan fingerprint density at radius 3 is 2.46 bits per heavy atom. The molecule has 2 N–H and O–H groups in total. The van der Waals surface area contributed by atoms with Crippen LogP contribution in [0.15, 0.2) is 59.8 Å². The van der Waals surface area contributed by atoms with Crippen LogP contribution in [0.5, 0.6) is 0 Å². The second-order valence-corrected chi connectivity index (χ2v) is 7.89. The SMILES string of the molecule is O=C(NCc1ccncc1)C(=O)NCC1OCCN1S(=O)(=O)c1ccccc1. The number of rotatable bonds is 6. The van der Waals surface area contributed by atoms with Crippen molar-refractivity contribution in [2.45, 2.75) is 17.7 Å². The van der Waals surface area contributed by atoms with Crippen LogP contribution in [0.25, 0.3) is 0 Å². The average Bonchev–Trinajstić information content (AvgIpc) is 3.21. The molecule has 2 heterocycles. The zero-order valence-electron chi connectivity index (χ0n) is 14.9. The average molecular weight is 404 g/mol. The van der Waals surface area contributed by atoms with E-state index >= 15 is 0 Å². The van der Waals surface area contributed by atoms with Gasteiger partial charge in [0.25, 0.3) is 0 Å². The lowest BCUT2D eigenvalue weighted by atomic mass is 10.3. The van der Waals surface area contributed by atoms with Gasteiger partial charge in [-0.2, -0.15) is 4.31 Å². The Morgan fingerprint density at radius 2 is 1.75 bits per heavy atom. The highest BCUT2D eigenvalue weighted by molar-refractivity contribution is 7.89. The maximum Gasteiger partial charge on any atom is 0.309 e. The molecular weight excluding hydrogens is 384 g/mol. The van der Waals surface area contributed by atoms with Crippen LogP contribution in [-0.4, -0.2) is 55.4 Å². The van der Waals surface area contributed by atoms with Gasteiger partial charge in [-0.05, 0) is 29.8 Å². The molecule has 1 aromatic heterocycles. The highest BCUT2D eigenvalue weighted by atomic mass is 32.2. The first-order valence-corrected chi connectivity index (χ1v) is 10.1. The summed E-state index contributed by atoms with van der Waals surface area (Å²) in [5.74, 6) is -1.67. The first-order valence-electron chi connectivity index (χ1n) is 8.62. The molecule has 28 heavy (non-hydrogen) atoms. The van der Waals surface area contributed by atoms with Crippen molar-refractivity contribution in [1.82, 2.24) is 19.9 Å². The molecule has 9 nitrogen and oxygen atoms in total. The molecule has 1 saturated heterocycles. The van der Waals surface area contributed by atoms with Gasteiger partial charge in [-0.15, -0.1) is 0 Å². The molecule has 1 fully saturated rings. The fourth-order valence-electron chi connectivity index (χ4n) is 2.69. The third-order valence-electron chi connectivity index (χ3n) is 4.14. The van der Waals surface area contributed by atoms with Crippen molar-refractivity contribution in [2.75, 3.05) is 19.7 Å². The maximum absolute atomic E-state index is 12.7. The molecule has 1 aliphatic rings.